The summed E-state index contributed by atoms with van der Waals surface area (Å²) in [6.07, 6.45) is 0. The summed E-state index contributed by atoms with van der Waals surface area (Å²) in [4.78, 5) is 11.8. The molecule has 3 aromatic carbocycles. The van der Waals surface area contributed by atoms with Gasteiger partial charge in [-0.2, -0.15) is 0 Å². The Kier molecular flexibility index (Phi) is 8.11. The highest BCUT2D eigenvalue weighted by atomic mass is 79.9. The summed E-state index contributed by atoms with van der Waals surface area (Å²) in [6.45, 7) is 4.58. The number of rotatable bonds is 9. The predicted octanol–water partition coefficient (Wildman–Crippen LogP) is 6.38. The Morgan fingerprint density at radius 3 is 2.28 bits per heavy atom. The molecule has 0 fully saturated rings. The van der Waals surface area contributed by atoms with Crippen LogP contribution in [0.5, 0.6) is 11.5 Å². The molecular weight excluding hydrogens is 475 g/mol. The van der Waals surface area contributed by atoms with E-state index in [9.17, 15) is 9.18 Å². The van der Waals surface area contributed by atoms with Crippen LogP contribution in [0.4, 0.5) is 15.8 Å². The molecule has 168 valence electrons. The van der Waals surface area contributed by atoms with Crippen molar-refractivity contribution in [3.8, 4) is 11.5 Å². The van der Waals surface area contributed by atoms with Crippen LogP contribution in [0.15, 0.2) is 65.1 Å². The van der Waals surface area contributed by atoms with E-state index < -0.39 is 0 Å². The molecule has 0 radical (unpaired) electrons. The third kappa shape index (κ3) is 6.47. The molecule has 0 spiro atoms. The van der Waals surface area contributed by atoms with Gasteiger partial charge < -0.3 is 20.1 Å². The second-order valence-corrected chi connectivity index (χ2v) is 8.44. The van der Waals surface area contributed by atoms with Crippen molar-refractivity contribution >= 4 is 33.2 Å². The first-order valence-corrected chi connectivity index (χ1v) is 11.0. The molecule has 0 bridgehead atoms. The van der Waals surface area contributed by atoms with Crippen molar-refractivity contribution in [2.75, 3.05) is 17.7 Å². The van der Waals surface area contributed by atoms with Crippen LogP contribution in [0.3, 0.4) is 0 Å². The van der Waals surface area contributed by atoms with E-state index in [1.807, 2.05) is 50.2 Å². The van der Waals surface area contributed by atoms with Crippen molar-refractivity contribution in [1.29, 1.82) is 0 Å². The molecule has 1 amide bonds. The lowest BCUT2D eigenvalue weighted by Gasteiger charge is -2.15. The summed E-state index contributed by atoms with van der Waals surface area (Å²) in [5.41, 5.74) is 3.55. The maximum Gasteiger partial charge on any atom is 0.226 e. The van der Waals surface area contributed by atoms with Gasteiger partial charge in [-0.15, -0.1) is 0 Å². The van der Waals surface area contributed by atoms with Gasteiger partial charge >= 0.3 is 0 Å². The molecule has 0 heterocycles. The monoisotopic (exact) mass is 500 g/mol. The second kappa shape index (κ2) is 11.0. The lowest BCUT2D eigenvalue weighted by atomic mass is 10.1. The molecule has 0 aromatic heterocycles. The maximum atomic E-state index is 13.1. The van der Waals surface area contributed by atoms with Crippen LogP contribution in [-0.2, 0) is 17.9 Å². The molecule has 0 aliphatic heterocycles. The van der Waals surface area contributed by atoms with E-state index in [1.165, 1.54) is 12.1 Å². The van der Waals surface area contributed by atoms with Crippen molar-refractivity contribution in [1.82, 2.24) is 0 Å². The first kappa shape index (κ1) is 23.6. The predicted molar refractivity (Wildman–Crippen MR) is 129 cm³/mol. The zero-order valence-corrected chi connectivity index (χ0v) is 19.8. The average molecular weight is 501 g/mol. The highest BCUT2D eigenvalue weighted by Gasteiger charge is 2.11. The number of carbonyl (C=O) groups is 1. The van der Waals surface area contributed by atoms with E-state index in [0.29, 0.717) is 24.7 Å². The number of ether oxygens (including phenoxy) is 2. The van der Waals surface area contributed by atoms with E-state index in [4.69, 9.17) is 9.47 Å². The number of anilines is 2. The number of hydrogen-bond donors (Lipinski definition) is 2. The van der Waals surface area contributed by atoms with Crippen LogP contribution in [0, 0.1) is 11.7 Å². The molecule has 0 unspecified atom stereocenters. The number of nitrogens with one attached hydrogen (secondary N) is 2. The van der Waals surface area contributed by atoms with Gasteiger partial charge in [0.1, 0.15) is 12.4 Å². The quantitative estimate of drug-likeness (QED) is 0.357. The van der Waals surface area contributed by atoms with Gasteiger partial charge in [-0.05, 0) is 59.7 Å². The van der Waals surface area contributed by atoms with Gasteiger partial charge in [0.25, 0.3) is 0 Å². The Morgan fingerprint density at radius 1 is 1.00 bits per heavy atom. The van der Waals surface area contributed by atoms with Gasteiger partial charge in [-0.1, -0.05) is 41.9 Å². The number of benzene rings is 3. The molecular formula is C25H26BrFN2O3. The van der Waals surface area contributed by atoms with Crippen LogP contribution in [0.2, 0.25) is 0 Å². The van der Waals surface area contributed by atoms with E-state index in [-0.39, 0.29) is 17.6 Å². The summed E-state index contributed by atoms with van der Waals surface area (Å²) >= 11 is 3.60. The second-order valence-electron chi connectivity index (χ2n) is 7.58. The normalized spacial score (nSPS) is 10.7. The van der Waals surface area contributed by atoms with Crippen molar-refractivity contribution in [2.45, 2.75) is 27.0 Å². The molecule has 0 aliphatic carbocycles. The standard InChI is InChI=1S/C25H26BrFN2O3/c1-16(2)25(30)29-21-10-8-20(9-11-21)28-14-18-12-23(31-3)24(13-22(18)26)32-15-17-4-6-19(27)7-5-17/h4-13,16,28H,14-15H2,1-3H3,(H,29,30). The van der Waals surface area contributed by atoms with Crippen molar-refractivity contribution in [3.63, 3.8) is 0 Å². The van der Waals surface area contributed by atoms with Crippen molar-refractivity contribution < 1.29 is 18.7 Å². The fourth-order valence-corrected chi connectivity index (χ4v) is 3.34. The molecule has 0 atom stereocenters. The first-order chi connectivity index (χ1) is 15.4. The summed E-state index contributed by atoms with van der Waals surface area (Å²) in [7, 11) is 1.59. The smallest absolute Gasteiger partial charge is 0.226 e. The third-order valence-electron chi connectivity index (χ3n) is 4.80. The average Bonchev–Trinajstić information content (AvgIpc) is 2.78. The molecule has 2 N–H and O–H groups in total. The molecule has 32 heavy (non-hydrogen) atoms. The minimum atomic E-state index is -0.277. The van der Waals surface area contributed by atoms with Crippen LogP contribution in [-0.4, -0.2) is 13.0 Å². The van der Waals surface area contributed by atoms with Gasteiger partial charge in [-0.25, -0.2) is 4.39 Å². The van der Waals surface area contributed by atoms with Crippen LogP contribution < -0.4 is 20.1 Å². The SMILES string of the molecule is COc1cc(CNc2ccc(NC(=O)C(C)C)cc2)c(Br)cc1OCc1ccc(F)cc1. The summed E-state index contributed by atoms with van der Waals surface area (Å²) in [5.74, 6) is 0.851. The Morgan fingerprint density at radius 2 is 1.66 bits per heavy atom. The van der Waals surface area contributed by atoms with Gasteiger partial charge in [0.2, 0.25) is 5.91 Å². The third-order valence-corrected chi connectivity index (χ3v) is 5.54. The number of carbonyl (C=O) groups excluding carboxylic acids is 1. The summed E-state index contributed by atoms with van der Waals surface area (Å²) in [5, 5.41) is 6.24. The number of methoxy groups -OCH3 is 1. The first-order valence-electron chi connectivity index (χ1n) is 10.2. The van der Waals surface area contributed by atoms with E-state index in [0.717, 1.165) is 27.0 Å². The van der Waals surface area contributed by atoms with E-state index in [1.54, 1.807) is 19.2 Å². The zero-order chi connectivity index (χ0) is 23.1. The van der Waals surface area contributed by atoms with Gasteiger partial charge in [-0.3, -0.25) is 4.79 Å². The number of halogens is 2. The highest BCUT2D eigenvalue weighted by molar-refractivity contribution is 9.10. The Balaban J connectivity index is 1.63. The summed E-state index contributed by atoms with van der Waals surface area (Å²) in [6, 6.07) is 17.5. The van der Waals surface area contributed by atoms with Crippen molar-refractivity contribution in [2.24, 2.45) is 5.92 Å². The minimum Gasteiger partial charge on any atom is -0.493 e. The zero-order valence-electron chi connectivity index (χ0n) is 18.2. The van der Waals surface area contributed by atoms with Gasteiger partial charge in [0, 0.05) is 28.3 Å². The Bertz CT molecular complexity index is 1050. The van der Waals surface area contributed by atoms with Gasteiger partial charge in [0.05, 0.1) is 7.11 Å². The molecule has 3 rings (SSSR count). The van der Waals surface area contributed by atoms with Gasteiger partial charge in [0.15, 0.2) is 11.5 Å². The maximum absolute atomic E-state index is 13.1. The number of hydrogen-bond acceptors (Lipinski definition) is 4. The van der Waals surface area contributed by atoms with E-state index >= 15 is 0 Å². The Hall–Kier alpha value is -3.06. The fraction of sp³-hybridized carbons (Fsp3) is 0.240. The largest absolute Gasteiger partial charge is 0.493 e. The molecule has 3 aromatic rings. The van der Waals surface area contributed by atoms with Crippen LogP contribution in [0.25, 0.3) is 0 Å². The highest BCUT2D eigenvalue weighted by Crippen LogP contribution is 2.34. The molecule has 7 heteroatoms. The topological polar surface area (TPSA) is 59.6 Å². The summed E-state index contributed by atoms with van der Waals surface area (Å²) < 4.78 is 25.3. The molecule has 0 saturated heterocycles. The number of amides is 1. The van der Waals surface area contributed by atoms with Crippen LogP contribution >= 0.6 is 15.9 Å². The van der Waals surface area contributed by atoms with E-state index in [2.05, 4.69) is 26.6 Å². The molecule has 0 saturated carbocycles. The molecule has 5 nitrogen and oxygen atoms in total. The lowest BCUT2D eigenvalue weighted by Crippen LogP contribution is -2.17. The minimum absolute atomic E-state index is 0.0107. The molecule has 0 aliphatic rings. The fourth-order valence-electron chi connectivity index (χ4n) is 2.88. The van der Waals surface area contributed by atoms with Crippen LogP contribution in [0.1, 0.15) is 25.0 Å². The lowest BCUT2D eigenvalue weighted by molar-refractivity contribution is -0.118. The van der Waals surface area contributed by atoms with Crippen molar-refractivity contribution in [3.05, 3.63) is 82.1 Å². The Labute approximate surface area is 196 Å².